The maximum atomic E-state index is 4.46. The van der Waals surface area contributed by atoms with Gasteiger partial charge < -0.3 is 9.88 Å². The fourth-order valence-corrected chi connectivity index (χ4v) is 2.78. The van der Waals surface area contributed by atoms with Crippen LogP contribution >= 0.6 is 0 Å². The maximum absolute atomic E-state index is 4.46. The van der Waals surface area contributed by atoms with E-state index in [1.54, 1.807) is 0 Å². The molecule has 4 nitrogen and oxygen atoms in total. The molecule has 0 unspecified atom stereocenters. The molecule has 0 aromatic carbocycles. The van der Waals surface area contributed by atoms with Gasteiger partial charge in [0.05, 0.1) is 11.8 Å². The van der Waals surface area contributed by atoms with Crippen LogP contribution in [-0.4, -0.2) is 20.6 Å². The Morgan fingerprint density at radius 2 is 1.94 bits per heavy atom. The third-order valence-electron chi connectivity index (χ3n) is 3.84. The quantitative estimate of drug-likeness (QED) is 0.825. The molecule has 0 atom stereocenters. The Balaban J connectivity index is 1.85. The highest BCUT2D eigenvalue weighted by molar-refractivity contribution is 5.85. The molecule has 2 aromatic rings. The van der Waals surface area contributed by atoms with Crippen molar-refractivity contribution in [1.82, 2.24) is 14.5 Å². The van der Waals surface area contributed by atoms with Gasteiger partial charge in [0, 0.05) is 19.3 Å². The van der Waals surface area contributed by atoms with E-state index in [2.05, 4.69) is 15.3 Å². The molecule has 2 aromatic heterocycles. The molecule has 0 saturated heterocycles. The summed E-state index contributed by atoms with van der Waals surface area (Å²) in [6.07, 6.45) is 11.6. The summed E-state index contributed by atoms with van der Waals surface area (Å²) >= 11 is 0. The average molecular weight is 244 g/mol. The zero-order valence-corrected chi connectivity index (χ0v) is 10.9. The van der Waals surface area contributed by atoms with Crippen LogP contribution in [0.3, 0.4) is 0 Å². The predicted octanol–water partition coefficient (Wildman–Crippen LogP) is 3.10. The number of aromatic nitrogens is 3. The van der Waals surface area contributed by atoms with Gasteiger partial charge in [-0.1, -0.05) is 25.7 Å². The Morgan fingerprint density at radius 1 is 1.17 bits per heavy atom. The van der Waals surface area contributed by atoms with Crippen molar-refractivity contribution in [1.29, 1.82) is 0 Å². The van der Waals surface area contributed by atoms with E-state index < -0.39 is 0 Å². The van der Waals surface area contributed by atoms with Crippen molar-refractivity contribution in [2.75, 3.05) is 5.32 Å². The molecular weight excluding hydrogens is 224 g/mol. The molecule has 0 aliphatic heterocycles. The summed E-state index contributed by atoms with van der Waals surface area (Å²) in [6, 6.07) is 2.58. The molecule has 1 aliphatic carbocycles. The lowest BCUT2D eigenvalue weighted by Crippen LogP contribution is -2.19. The van der Waals surface area contributed by atoms with Crippen LogP contribution in [0.15, 0.2) is 18.6 Å². The number of rotatable bonds is 2. The van der Waals surface area contributed by atoms with E-state index in [9.17, 15) is 0 Å². The Bertz CT molecular complexity index is 524. The summed E-state index contributed by atoms with van der Waals surface area (Å²) in [5.41, 5.74) is 2.13. The van der Waals surface area contributed by atoms with Crippen molar-refractivity contribution in [3.8, 4) is 0 Å². The van der Waals surface area contributed by atoms with Crippen LogP contribution in [-0.2, 0) is 7.05 Å². The lowest BCUT2D eigenvalue weighted by atomic mass is 10.1. The summed E-state index contributed by atoms with van der Waals surface area (Å²) in [5.74, 6) is 0.944. The standard InChI is InChI=1S/C14H20N4/c1-18-10-16-13-12(18)8-9-15-14(13)17-11-6-4-2-3-5-7-11/h8-11H,2-7H2,1H3,(H,15,17). The molecule has 1 fully saturated rings. The van der Waals surface area contributed by atoms with Gasteiger partial charge in [-0.15, -0.1) is 0 Å². The number of fused-ring (bicyclic) bond motifs is 1. The first-order valence-corrected chi connectivity index (χ1v) is 6.87. The van der Waals surface area contributed by atoms with Gasteiger partial charge in [-0.3, -0.25) is 0 Å². The zero-order valence-electron chi connectivity index (χ0n) is 10.9. The van der Waals surface area contributed by atoms with Crippen LogP contribution in [0.5, 0.6) is 0 Å². The Hall–Kier alpha value is -1.58. The van der Waals surface area contributed by atoms with Crippen LogP contribution in [0.4, 0.5) is 5.82 Å². The van der Waals surface area contributed by atoms with E-state index in [0.29, 0.717) is 6.04 Å². The largest absolute Gasteiger partial charge is 0.365 e. The summed E-state index contributed by atoms with van der Waals surface area (Å²) in [7, 11) is 2.02. The minimum Gasteiger partial charge on any atom is -0.365 e. The number of pyridine rings is 1. The molecule has 1 saturated carbocycles. The van der Waals surface area contributed by atoms with Gasteiger partial charge in [0.25, 0.3) is 0 Å². The SMILES string of the molecule is Cn1cnc2c(NC3CCCCCC3)nccc21. The normalized spacial score (nSPS) is 17.8. The summed E-state index contributed by atoms with van der Waals surface area (Å²) in [6.45, 7) is 0. The molecule has 96 valence electrons. The maximum Gasteiger partial charge on any atom is 0.154 e. The molecule has 1 aliphatic rings. The molecule has 18 heavy (non-hydrogen) atoms. The van der Waals surface area contributed by atoms with Crippen molar-refractivity contribution < 1.29 is 0 Å². The van der Waals surface area contributed by atoms with Gasteiger partial charge in [-0.2, -0.15) is 0 Å². The zero-order chi connectivity index (χ0) is 12.4. The van der Waals surface area contributed by atoms with Crippen molar-refractivity contribution in [3.63, 3.8) is 0 Å². The topological polar surface area (TPSA) is 42.7 Å². The molecule has 4 heteroatoms. The van der Waals surface area contributed by atoms with E-state index in [-0.39, 0.29) is 0 Å². The highest BCUT2D eigenvalue weighted by Gasteiger charge is 2.14. The number of hydrogen-bond acceptors (Lipinski definition) is 3. The van der Waals surface area contributed by atoms with Crippen molar-refractivity contribution in [2.45, 2.75) is 44.6 Å². The van der Waals surface area contributed by atoms with Crippen molar-refractivity contribution in [3.05, 3.63) is 18.6 Å². The van der Waals surface area contributed by atoms with Gasteiger partial charge >= 0.3 is 0 Å². The Labute approximate surface area is 107 Å². The monoisotopic (exact) mass is 244 g/mol. The minimum atomic E-state index is 0.563. The molecule has 0 bridgehead atoms. The minimum absolute atomic E-state index is 0.563. The first kappa shape index (κ1) is 11.5. The predicted molar refractivity (Wildman–Crippen MR) is 73.6 cm³/mol. The van der Waals surface area contributed by atoms with Crippen LogP contribution in [0, 0.1) is 0 Å². The third-order valence-corrected chi connectivity index (χ3v) is 3.84. The smallest absolute Gasteiger partial charge is 0.154 e. The first-order chi connectivity index (χ1) is 8.84. The van der Waals surface area contributed by atoms with E-state index >= 15 is 0 Å². The van der Waals surface area contributed by atoms with Crippen LogP contribution in [0.2, 0.25) is 0 Å². The number of hydrogen-bond donors (Lipinski definition) is 1. The van der Waals surface area contributed by atoms with E-state index in [1.165, 1.54) is 38.5 Å². The summed E-state index contributed by atoms with van der Waals surface area (Å²) < 4.78 is 2.04. The number of imidazole rings is 1. The van der Waals surface area contributed by atoms with E-state index in [0.717, 1.165) is 16.9 Å². The fraction of sp³-hybridized carbons (Fsp3) is 0.571. The van der Waals surface area contributed by atoms with Crippen LogP contribution < -0.4 is 5.32 Å². The summed E-state index contributed by atoms with van der Waals surface area (Å²) in [5, 5.41) is 3.59. The van der Waals surface area contributed by atoms with Gasteiger partial charge in [0.2, 0.25) is 0 Å². The van der Waals surface area contributed by atoms with Gasteiger partial charge in [-0.05, 0) is 18.9 Å². The second kappa shape index (κ2) is 4.96. The molecule has 2 heterocycles. The highest BCUT2D eigenvalue weighted by Crippen LogP contribution is 2.24. The molecule has 0 amide bonds. The third kappa shape index (κ3) is 2.19. The number of aryl methyl sites for hydroxylation is 1. The second-order valence-electron chi connectivity index (χ2n) is 5.22. The fourth-order valence-electron chi connectivity index (χ4n) is 2.78. The second-order valence-corrected chi connectivity index (χ2v) is 5.22. The van der Waals surface area contributed by atoms with Crippen LogP contribution in [0.1, 0.15) is 38.5 Å². The number of anilines is 1. The Kier molecular flexibility index (Phi) is 3.17. The first-order valence-electron chi connectivity index (χ1n) is 6.87. The van der Waals surface area contributed by atoms with E-state index in [4.69, 9.17) is 0 Å². The lowest BCUT2D eigenvalue weighted by Gasteiger charge is -2.16. The Morgan fingerprint density at radius 3 is 2.72 bits per heavy atom. The van der Waals surface area contributed by atoms with Crippen molar-refractivity contribution in [2.24, 2.45) is 7.05 Å². The number of nitrogens with zero attached hydrogens (tertiary/aromatic N) is 3. The van der Waals surface area contributed by atoms with Crippen molar-refractivity contribution >= 4 is 16.9 Å². The average Bonchev–Trinajstić information content (AvgIpc) is 2.62. The van der Waals surface area contributed by atoms with Gasteiger partial charge in [0.15, 0.2) is 5.82 Å². The molecular formula is C14H20N4. The lowest BCUT2D eigenvalue weighted by molar-refractivity contribution is 0.618. The molecule has 1 N–H and O–H groups in total. The molecule has 0 spiro atoms. The molecule has 3 rings (SSSR count). The highest BCUT2D eigenvalue weighted by atomic mass is 15.1. The summed E-state index contributed by atoms with van der Waals surface area (Å²) in [4.78, 5) is 8.90. The molecule has 0 radical (unpaired) electrons. The number of nitrogens with one attached hydrogen (secondary N) is 1. The van der Waals surface area contributed by atoms with Gasteiger partial charge in [-0.25, -0.2) is 9.97 Å². The van der Waals surface area contributed by atoms with Crippen LogP contribution in [0.25, 0.3) is 11.0 Å². The van der Waals surface area contributed by atoms with E-state index in [1.807, 2.05) is 30.2 Å². The van der Waals surface area contributed by atoms with Gasteiger partial charge in [0.1, 0.15) is 5.52 Å².